The van der Waals surface area contributed by atoms with Gasteiger partial charge in [-0.15, -0.1) is 0 Å². The molecule has 0 radical (unpaired) electrons. The van der Waals surface area contributed by atoms with E-state index in [2.05, 4.69) is 5.32 Å². The van der Waals surface area contributed by atoms with Crippen molar-refractivity contribution < 1.29 is 23.9 Å². The van der Waals surface area contributed by atoms with E-state index in [9.17, 15) is 14.4 Å². The van der Waals surface area contributed by atoms with E-state index in [0.29, 0.717) is 5.56 Å². The molecule has 0 aliphatic heterocycles. The number of amides is 1. The Morgan fingerprint density at radius 3 is 2.08 bits per heavy atom. The Hall–Kier alpha value is -2.37. The minimum atomic E-state index is -0.863. The van der Waals surface area contributed by atoms with E-state index in [1.54, 1.807) is 45.0 Å². The second kappa shape index (κ2) is 9.05. The van der Waals surface area contributed by atoms with Crippen LogP contribution in [0.15, 0.2) is 24.3 Å². The van der Waals surface area contributed by atoms with E-state index < -0.39 is 23.7 Å². The van der Waals surface area contributed by atoms with Crippen molar-refractivity contribution in [1.29, 1.82) is 0 Å². The van der Waals surface area contributed by atoms with Crippen LogP contribution in [0.25, 0.3) is 0 Å². The number of ketones is 1. The van der Waals surface area contributed by atoms with Gasteiger partial charge in [0.15, 0.2) is 5.78 Å². The molecule has 0 saturated carbocycles. The lowest BCUT2D eigenvalue weighted by Gasteiger charge is -2.22. The number of hydrogen-bond acceptors (Lipinski definition) is 5. The number of carbonyl (C=O) groups excluding carboxylic acids is 3. The van der Waals surface area contributed by atoms with Crippen molar-refractivity contribution in [3.05, 3.63) is 35.4 Å². The quantitative estimate of drug-likeness (QED) is 0.659. The molecule has 0 aliphatic carbocycles. The molecule has 134 valence electrons. The van der Waals surface area contributed by atoms with Gasteiger partial charge in [-0.2, -0.15) is 0 Å². The number of rotatable bonds is 5. The number of hydrogen-bond donors (Lipinski definition) is 1. The maximum Gasteiger partial charge on any atom is 0.408 e. The topological polar surface area (TPSA) is 81.7 Å². The highest BCUT2D eigenvalue weighted by molar-refractivity contribution is 5.94. The summed E-state index contributed by atoms with van der Waals surface area (Å²) in [5, 5.41) is 2.51. The first-order chi connectivity index (χ1) is 10.6. The number of alkyl carbamates (subject to hydrolysis) is 1. The zero-order chi connectivity index (χ0) is 17.6. The van der Waals surface area contributed by atoms with Gasteiger partial charge in [-0.05, 0) is 33.3 Å². The van der Waals surface area contributed by atoms with E-state index in [-0.39, 0.29) is 19.6 Å². The highest BCUT2D eigenvalue weighted by Gasteiger charge is 2.25. The van der Waals surface area contributed by atoms with Gasteiger partial charge in [0, 0.05) is 12.0 Å². The molecule has 1 aromatic rings. The molecule has 1 atom stereocenters. The Kier molecular flexibility index (Phi) is 8.16. The van der Waals surface area contributed by atoms with E-state index in [1.165, 1.54) is 14.0 Å². The van der Waals surface area contributed by atoms with Crippen molar-refractivity contribution in [2.45, 2.75) is 53.2 Å². The zero-order valence-electron chi connectivity index (χ0n) is 14.1. The van der Waals surface area contributed by atoms with Crippen molar-refractivity contribution in [3.63, 3.8) is 0 Å². The molecule has 1 rings (SSSR count). The second-order valence-electron chi connectivity index (χ2n) is 6.18. The summed E-state index contributed by atoms with van der Waals surface area (Å²) in [4.78, 5) is 34.9. The molecule has 1 aromatic carbocycles. The van der Waals surface area contributed by atoms with Crippen LogP contribution in [-0.4, -0.2) is 36.6 Å². The van der Waals surface area contributed by atoms with Crippen molar-refractivity contribution in [2.75, 3.05) is 7.11 Å². The summed E-state index contributed by atoms with van der Waals surface area (Å²) >= 11 is 0. The first-order valence-electron chi connectivity index (χ1n) is 7.29. The summed E-state index contributed by atoms with van der Waals surface area (Å²) in [7, 11) is 1.25. The summed E-state index contributed by atoms with van der Waals surface area (Å²) in [5.74, 6) is -0.598. The molecular formula is C18H27NO5. The van der Waals surface area contributed by atoms with Crippen molar-refractivity contribution in [2.24, 2.45) is 0 Å². The number of esters is 1. The highest BCUT2D eigenvalue weighted by atomic mass is 16.6. The summed E-state index contributed by atoms with van der Waals surface area (Å²) in [6.45, 7) is 6.69. The molecule has 6 nitrogen and oxygen atoms in total. The van der Waals surface area contributed by atoms with Crippen LogP contribution in [0.1, 0.15) is 51.0 Å². The molecule has 0 aromatic heterocycles. The summed E-state index contributed by atoms with van der Waals surface area (Å²) in [5.41, 5.74) is 0.721. The van der Waals surface area contributed by atoms with Gasteiger partial charge >= 0.3 is 12.1 Å². The summed E-state index contributed by atoms with van der Waals surface area (Å²) < 4.78 is 9.86. The molecule has 6 heteroatoms. The van der Waals surface area contributed by atoms with Gasteiger partial charge in [0.25, 0.3) is 0 Å². The Morgan fingerprint density at radius 2 is 1.67 bits per heavy atom. The molecule has 1 amide bonds. The van der Waals surface area contributed by atoms with Crippen molar-refractivity contribution >= 4 is 17.8 Å². The molecule has 0 aliphatic rings. The van der Waals surface area contributed by atoms with Crippen LogP contribution >= 0.6 is 0 Å². The Bertz CT molecular complexity index is 572. The van der Waals surface area contributed by atoms with Gasteiger partial charge in [0.1, 0.15) is 11.6 Å². The minimum absolute atomic E-state index is 0. The molecule has 24 heavy (non-hydrogen) atoms. The molecule has 0 fully saturated rings. The lowest BCUT2D eigenvalue weighted by Crippen LogP contribution is -2.45. The van der Waals surface area contributed by atoms with Crippen LogP contribution < -0.4 is 5.32 Å². The normalized spacial score (nSPS) is 11.7. The standard InChI is InChI=1S/C17H23NO5.CH4/c1-11(19)13-8-6-12(7-9-13)10-14(15(20)22-5)18-16(21)23-17(2,3)4;/h6-9,14H,10H2,1-5H3,(H,18,21);1H4. The van der Waals surface area contributed by atoms with Gasteiger partial charge in [0.2, 0.25) is 0 Å². The lowest BCUT2D eigenvalue weighted by atomic mass is 10.0. The van der Waals surface area contributed by atoms with Gasteiger partial charge in [0.05, 0.1) is 7.11 Å². The number of benzene rings is 1. The largest absolute Gasteiger partial charge is 0.467 e. The Balaban J connectivity index is 0.00000529. The molecule has 0 spiro atoms. The minimum Gasteiger partial charge on any atom is -0.467 e. The number of ether oxygens (including phenoxy) is 2. The number of nitrogens with one attached hydrogen (secondary N) is 1. The monoisotopic (exact) mass is 337 g/mol. The van der Waals surface area contributed by atoms with Crippen LogP contribution in [-0.2, 0) is 20.7 Å². The van der Waals surface area contributed by atoms with E-state index in [1.807, 2.05) is 0 Å². The zero-order valence-corrected chi connectivity index (χ0v) is 14.1. The fraction of sp³-hybridized carbons (Fsp3) is 0.500. The predicted molar refractivity (Wildman–Crippen MR) is 92.1 cm³/mol. The van der Waals surface area contributed by atoms with Gasteiger partial charge in [-0.25, -0.2) is 9.59 Å². The molecule has 1 unspecified atom stereocenters. The number of carbonyl (C=O) groups is 3. The third kappa shape index (κ3) is 7.26. The fourth-order valence-electron chi connectivity index (χ4n) is 1.90. The average molecular weight is 337 g/mol. The Morgan fingerprint density at radius 1 is 1.12 bits per heavy atom. The van der Waals surface area contributed by atoms with E-state index in [4.69, 9.17) is 9.47 Å². The van der Waals surface area contributed by atoms with Crippen LogP contribution in [0.3, 0.4) is 0 Å². The molecular weight excluding hydrogens is 310 g/mol. The van der Waals surface area contributed by atoms with Gasteiger partial charge in [-0.1, -0.05) is 31.7 Å². The third-order valence-corrected chi connectivity index (χ3v) is 2.98. The average Bonchev–Trinajstić information content (AvgIpc) is 2.44. The molecule has 0 heterocycles. The van der Waals surface area contributed by atoms with E-state index >= 15 is 0 Å². The first-order valence-corrected chi connectivity index (χ1v) is 7.29. The SMILES string of the molecule is C.COC(=O)C(Cc1ccc(C(C)=O)cc1)NC(=O)OC(C)(C)C. The lowest BCUT2D eigenvalue weighted by molar-refractivity contribution is -0.143. The third-order valence-electron chi connectivity index (χ3n) is 2.98. The summed E-state index contributed by atoms with van der Waals surface area (Å²) in [6, 6.07) is 5.98. The number of Topliss-reactive ketones (excluding diaryl/α,β-unsaturated/α-hetero) is 1. The predicted octanol–water partition coefficient (Wildman–Crippen LogP) is 3.13. The molecule has 0 bridgehead atoms. The molecule has 1 N–H and O–H groups in total. The van der Waals surface area contributed by atoms with Crippen molar-refractivity contribution in [3.8, 4) is 0 Å². The van der Waals surface area contributed by atoms with Crippen molar-refractivity contribution in [1.82, 2.24) is 5.32 Å². The maximum atomic E-state index is 11.8. The van der Waals surface area contributed by atoms with E-state index in [0.717, 1.165) is 5.56 Å². The maximum absolute atomic E-state index is 11.8. The van der Waals surface area contributed by atoms with Crippen LogP contribution in [0.2, 0.25) is 0 Å². The molecule has 0 saturated heterocycles. The number of methoxy groups -OCH3 is 1. The van der Waals surface area contributed by atoms with Crippen LogP contribution in [0.5, 0.6) is 0 Å². The summed E-state index contributed by atoms with van der Waals surface area (Å²) in [6.07, 6.45) is -0.447. The van der Waals surface area contributed by atoms with Gasteiger partial charge in [-0.3, -0.25) is 4.79 Å². The smallest absolute Gasteiger partial charge is 0.408 e. The van der Waals surface area contributed by atoms with Crippen LogP contribution in [0.4, 0.5) is 4.79 Å². The van der Waals surface area contributed by atoms with Crippen LogP contribution in [0, 0.1) is 0 Å². The fourth-order valence-corrected chi connectivity index (χ4v) is 1.90. The Labute approximate surface area is 143 Å². The second-order valence-corrected chi connectivity index (χ2v) is 6.18. The van der Waals surface area contributed by atoms with Gasteiger partial charge < -0.3 is 14.8 Å². The first kappa shape index (κ1) is 21.6. The highest BCUT2D eigenvalue weighted by Crippen LogP contribution is 2.10.